The Bertz CT molecular complexity index is 649. The number of carbonyl (C=O) groups is 2. The number of nitrogens with zero attached hydrogens (tertiary/aromatic N) is 3. The summed E-state index contributed by atoms with van der Waals surface area (Å²) in [7, 11) is 0. The predicted octanol–water partition coefficient (Wildman–Crippen LogP) is 0.415. The second kappa shape index (κ2) is 7.90. The Labute approximate surface area is 152 Å². The minimum absolute atomic E-state index is 0.228. The summed E-state index contributed by atoms with van der Waals surface area (Å²) in [6, 6.07) is 9.26. The van der Waals surface area contributed by atoms with Gasteiger partial charge in [-0.2, -0.15) is 0 Å². The summed E-state index contributed by atoms with van der Waals surface area (Å²) in [5.41, 5.74) is 0.710. The molecule has 2 amide bonds. The van der Waals surface area contributed by atoms with E-state index in [0.717, 1.165) is 19.6 Å². The predicted molar refractivity (Wildman–Crippen MR) is 98.1 cm³/mol. The molecular formula is C17H22N4O3S. The van der Waals surface area contributed by atoms with Crippen LogP contribution in [0.15, 0.2) is 30.3 Å². The Hall–Kier alpha value is -2.03. The van der Waals surface area contributed by atoms with Crippen LogP contribution in [0.25, 0.3) is 0 Å². The van der Waals surface area contributed by atoms with E-state index in [1.807, 2.05) is 30.3 Å². The van der Waals surface area contributed by atoms with Gasteiger partial charge < -0.3 is 15.0 Å². The molecule has 2 saturated heterocycles. The summed E-state index contributed by atoms with van der Waals surface area (Å²) >= 11 is 5.55. The Morgan fingerprint density at radius 2 is 1.92 bits per heavy atom. The minimum Gasteiger partial charge on any atom is -0.379 e. The van der Waals surface area contributed by atoms with Crippen LogP contribution >= 0.6 is 12.2 Å². The van der Waals surface area contributed by atoms with Crippen molar-refractivity contribution in [3.63, 3.8) is 0 Å². The first-order chi connectivity index (χ1) is 12.1. The van der Waals surface area contributed by atoms with Crippen LogP contribution in [0.4, 0.5) is 5.69 Å². The number of amides is 2. The van der Waals surface area contributed by atoms with Crippen LogP contribution in [0.2, 0.25) is 0 Å². The molecule has 2 heterocycles. The van der Waals surface area contributed by atoms with Gasteiger partial charge in [0.15, 0.2) is 11.3 Å². The molecule has 1 aromatic carbocycles. The zero-order chi connectivity index (χ0) is 17.8. The van der Waals surface area contributed by atoms with Crippen molar-refractivity contribution in [2.45, 2.75) is 13.1 Å². The highest BCUT2D eigenvalue weighted by Crippen LogP contribution is 2.24. The van der Waals surface area contributed by atoms with Crippen molar-refractivity contribution in [2.24, 2.45) is 0 Å². The number of carbonyl (C=O) groups excluding carboxylic acids is 2. The summed E-state index contributed by atoms with van der Waals surface area (Å²) in [6.07, 6.45) is -0.758. The molecule has 0 radical (unpaired) electrons. The van der Waals surface area contributed by atoms with Crippen molar-refractivity contribution < 1.29 is 14.3 Å². The molecule has 25 heavy (non-hydrogen) atoms. The van der Waals surface area contributed by atoms with E-state index in [2.05, 4.69) is 10.2 Å². The van der Waals surface area contributed by atoms with Crippen LogP contribution in [0.3, 0.4) is 0 Å². The number of hydrogen-bond acceptors (Lipinski definition) is 5. The summed E-state index contributed by atoms with van der Waals surface area (Å²) in [4.78, 5) is 30.0. The molecule has 1 unspecified atom stereocenters. The second-order valence-electron chi connectivity index (χ2n) is 6.04. The maximum Gasteiger partial charge on any atom is 0.276 e. The van der Waals surface area contributed by atoms with Crippen LogP contribution in [0, 0.1) is 0 Å². The van der Waals surface area contributed by atoms with E-state index < -0.39 is 6.17 Å². The largest absolute Gasteiger partial charge is 0.379 e. The van der Waals surface area contributed by atoms with Gasteiger partial charge in [-0.1, -0.05) is 18.2 Å². The maximum absolute atomic E-state index is 12.9. The molecule has 0 spiro atoms. The lowest BCUT2D eigenvalue weighted by molar-refractivity contribution is -0.127. The summed E-state index contributed by atoms with van der Waals surface area (Å²) in [5, 5.41) is 3.14. The highest BCUT2D eigenvalue weighted by molar-refractivity contribution is 7.80. The van der Waals surface area contributed by atoms with Gasteiger partial charge in [-0.25, -0.2) is 0 Å². The summed E-state index contributed by atoms with van der Waals surface area (Å²) in [5.74, 6) is -0.485. The highest BCUT2D eigenvalue weighted by atomic mass is 32.1. The fraction of sp³-hybridized carbons (Fsp3) is 0.471. The minimum atomic E-state index is -0.758. The zero-order valence-corrected chi connectivity index (χ0v) is 15.0. The van der Waals surface area contributed by atoms with Gasteiger partial charge in [0.05, 0.1) is 18.9 Å². The summed E-state index contributed by atoms with van der Waals surface area (Å²) in [6.45, 7) is 5.89. The van der Waals surface area contributed by atoms with E-state index in [4.69, 9.17) is 17.0 Å². The first kappa shape index (κ1) is 17.8. The molecule has 2 aliphatic rings. The normalized spacial score (nSPS) is 21.7. The second-order valence-corrected chi connectivity index (χ2v) is 6.41. The van der Waals surface area contributed by atoms with Crippen LogP contribution in [-0.4, -0.2) is 72.3 Å². The molecule has 134 valence electrons. The Morgan fingerprint density at radius 1 is 1.24 bits per heavy atom. The SMILES string of the molecule is CC(=O)NC1C(=O)N(c2ccccc2)C(=S)N1CCN1CCOCC1. The van der Waals surface area contributed by atoms with Crippen LogP contribution in [0.1, 0.15) is 6.92 Å². The van der Waals surface area contributed by atoms with E-state index in [1.54, 1.807) is 4.90 Å². The van der Waals surface area contributed by atoms with Gasteiger partial charge >= 0.3 is 0 Å². The Balaban J connectivity index is 1.76. The number of morpholine rings is 1. The van der Waals surface area contributed by atoms with Crippen molar-refractivity contribution in [2.75, 3.05) is 44.3 Å². The number of ether oxygens (including phenoxy) is 1. The number of nitrogens with one attached hydrogen (secondary N) is 1. The smallest absolute Gasteiger partial charge is 0.276 e. The third-order valence-electron chi connectivity index (χ3n) is 4.32. The van der Waals surface area contributed by atoms with Crippen LogP contribution in [0.5, 0.6) is 0 Å². The lowest BCUT2D eigenvalue weighted by Crippen LogP contribution is -2.51. The van der Waals surface area contributed by atoms with E-state index >= 15 is 0 Å². The van der Waals surface area contributed by atoms with Crippen LogP contribution in [-0.2, 0) is 14.3 Å². The van der Waals surface area contributed by atoms with E-state index in [9.17, 15) is 9.59 Å². The van der Waals surface area contributed by atoms with Gasteiger partial charge in [0, 0.05) is 33.1 Å². The number of hydrogen-bond donors (Lipinski definition) is 1. The number of para-hydroxylation sites is 1. The van der Waals surface area contributed by atoms with Gasteiger partial charge in [0.1, 0.15) is 0 Å². The van der Waals surface area contributed by atoms with Crippen molar-refractivity contribution in [3.8, 4) is 0 Å². The van der Waals surface area contributed by atoms with Gasteiger partial charge in [-0.05, 0) is 24.4 Å². The molecule has 1 N–H and O–H groups in total. The van der Waals surface area contributed by atoms with Gasteiger partial charge in [-0.15, -0.1) is 0 Å². The first-order valence-electron chi connectivity index (χ1n) is 8.35. The zero-order valence-electron chi connectivity index (χ0n) is 14.2. The third kappa shape index (κ3) is 3.97. The molecule has 1 aromatic rings. The summed E-state index contributed by atoms with van der Waals surface area (Å²) < 4.78 is 5.36. The molecule has 0 aromatic heterocycles. The molecule has 2 aliphatic heterocycles. The molecular weight excluding hydrogens is 340 g/mol. The number of thiocarbonyl (C=S) groups is 1. The average Bonchev–Trinajstić information content (AvgIpc) is 2.84. The molecule has 1 atom stereocenters. The van der Waals surface area contributed by atoms with Gasteiger partial charge in [-0.3, -0.25) is 19.4 Å². The highest BCUT2D eigenvalue weighted by Gasteiger charge is 2.43. The third-order valence-corrected chi connectivity index (χ3v) is 4.74. The molecule has 0 saturated carbocycles. The molecule has 7 nitrogen and oxygen atoms in total. The monoisotopic (exact) mass is 362 g/mol. The molecule has 3 rings (SSSR count). The number of anilines is 1. The fourth-order valence-corrected chi connectivity index (χ4v) is 3.43. The van der Waals surface area contributed by atoms with E-state index in [1.165, 1.54) is 11.8 Å². The molecule has 0 bridgehead atoms. The van der Waals surface area contributed by atoms with Crippen molar-refractivity contribution >= 4 is 34.8 Å². The lowest BCUT2D eigenvalue weighted by atomic mass is 10.3. The Morgan fingerprint density at radius 3 is 2.56 bits per heavy atom. The van der Waals surface area contributed by atoms with Crippen LogP contribution < -0.4 is 10.2 Å². The van der Waals surface area contributed by atoms with Gasteiger partial charge in [0.25, 0.3) is 5.91 Å². The lowest BCUT2D eigenvalue weighted by Gasteiger charge is -2.30. The molecule has 8 heteroatoms. The topological polar surface area (TPSA) is 65.1 Å². The van der Waals surface area contributed by atoms with Gasteiger partial charge in [0.2, 0.25) is 5.91 Å². The fourth-order valence-electron chi connectivity index (χ4n) is 3.03. The van der Waals surface area contributed by atoms with E-state index in [0.29, 0.717) is 30.6 Å². The quantitative estimate of drug-likeness (QED) is 0.766. The number of benzene rings is 1. The van der Waals surface area contributed by atoms with Crippen molar-refractivity contribution in [3.05, 3.63) is 30.3 Å². The van der Waals surface area contributed by atoms with Crippen molar-refractivity contribution in [1.29, 1.82) is 0 Å². The maximum atomic E-state index is 12.9. The molecule has 0 aliphatic carbocycles. The van der Waals surface area contributed by atoms with E-state index in [-0.39, 0.29) is 11.8 Å². The Kier molecular flexibility index (Phi) is 5.62. The average molecular weight is 362 g/mol. The number of rotatable bonds is 5. The first-order valence-corrected chi connectivity index (χ1v) is 8.75. The molecule has 2 fully saturated rings. The standard InChI is InChI=1S/C17H22N4O3S/c1-13(22)18-15-16(23)21(14-5-3-2-4-6-14)17(25)20(15)8-7-19-9-11-24-12-10-19/h2-6,15H,7-12H2,1H3,(H,18,22). The van der Waals surface area contributed by atoms with Crippen molar-refractivity contribution in [1.82, 2.24) is 15.1 Å².